The second-order valence-electron chi connectivity index (χ2n) is 5.35. The molecule has 8 heteroatoms. The number of pyridine rings is 1. The van der Waals surface area contributed by atoms with Crippen LogP contribution in [-0.2, 0) is 20.7 Å². The highest BCUT2D eigenvalue weighted by Gasteiger charge is 2.14. The topological polar surface area (TPSA) is 90.7 Å². The lowest BCUT2D eigenvalue weighted by Gasteiger charge is -2.07. The molecule has 0 aliphatic rings. The number of rotatable bonds is 6. The molecule has 0 bridgehead atoms. The Kier molecular flexibility index (Phi) is 5.38. The summed E-state index contributed by atoms with van der Waals surface area (Å²) in [4.78, 5) is 27.7. The summed E-state index contributed by atoms with van der Waals surface area (Å²) in [7, 11) is 1.56. The molecule has 0 unspecified atom stereocenters. The second-order valence-corrected chi connectivity index (χ2v) is 5.71. The number of anilines is 1. The molecule has 0 saturated carbocycles. The second kappa shape index (κ2) is 7.88. The predicted molar refractivity (Wildman–Crippen MR) is 95.3 cm³/mol. The lowest BCUT2D eigenvalue weighted by Crippen LogP contribution is -2.21. The predicted octanol–water partition coefficient (Wildman–Crippen LogP) is 3.21. The van der Waals surface area contributed by atoms with Crippen molar-refractivity contribution < 1.29 is 23.5 Å². The van der Waals surface area contributed by atoms with E-state index in [4.69, 9.17) is 25.5 Å². The van der Waals surface area contributed by atoms with Crippen LogP contribution in [0.5, 0.6) is 5.75 Å². The van der Waals surface area contributed by atoms with Crippen LogP contribution >= 0.6 is 11.6 Å². The van der Waals surface area contributed by atoms with Crippen LogP contribution in [0.15, 0.2) is 47.2 Å². The molecule has 0 spiro atoms. The number of hydrogen-bond donors (Lipinski definition) is 1. The van der Waals surface area contributed by atoms with Gasteiger partial charge in [0, 0.05) is 23.2 Å². The maximum absolute atomic E-state index is 12.0. The van der Waals surface area contributed by atoms with Crippen LogP contribution in [0, 0.1) is 0 Å². The van der Waals surface area contributed by atoms with Crippen molar-refractivity contribution in [2.24, 2.45) is 0 Å². The summed E-state index contributed by atoms with van der Waals surface area (Å²) >= 11 is 5.85. The molecule has 0 atom stereocenters. The highest BCUT2D eigenvalue weighted by molar-refractivity contribution is 6.32. The maximum atomic E-state index is 12.0. The van der Waals surface area contributed by atoms with Gasteiger partial charge in [0.15, 0.2) is 11.8 Å². The van der Waals surface area contributed by atoms with Crippen molar-refractivity contribution in [1.29, 1.82) is 0 Å². The van der Waals surface area contributed by atoms with Crippen molar-refractivity contribution in [1.82, 2.24) is 4.98 Å². The number of amides is 1. The molecule has 0 aliphatic carbocycles. The number of carbonyl (C=O) groups excluding carboxylic acids is 2. The van der Waals surface area contributed by atoms with E-state index in [1.165, 1.54) is 12.5 Å². The van der Waals surface area contributed by atoms with Crippen molar-refractivity contribution in [2.75, 3.05) is 19.0 Å². The van der Waals surface area contributed by atoms with Gasteiger partial charge in [-0.05, 0) is 24.3 Å². The Morgan fingerprint density at radius 1 is 1.31 bits per heavy atom. The minimum Gasteiger partial charge on any atom is -0.497 e. The molecule has 0 radical (unpaired) electrons. The van der Waals surface area contributed by atoms with E-state index in [0.717, 1.165) is 5.39 Å². The molecule has 2 heterocycles. The Hall–Kier alpha value is -3.06. The van der Waals surface area contributed by atoms with Gasteiger partial charge in [-0.15, -0.1) is 0 Å². The number of methoxy groups -OCH3 is 1. The fraction of sp³-hybridized carbons (Fsp3) is 0.167. The number of nitrogens with one attached hydrogen (secondary N) is 1. The summed E-state index contributed by atoms with van der Waals surface area (Å²) in [5, 5.41) is 3.47. The van der Waals surface area contributed by atoms with E-state index < -0.39 is 18.5 Å². The number of halogens is 1. The first-order valence-corrected chi connectivity index (χ1v) is 8.04. The summed E-state index contributed by atoms with van der Waals surface area (Å²) in [5.41, 5.74) is 1.63. The van der Waals surface area contributed by atoms with Gasteiger partial charge >= 0.3 is 5.97 Å². The van der Waals surface area contributed by atoms with Crippen molar-refractivity contribution in [2.45, 2.75) is 6.42 Å². The van der Waals surface area contributed by atoms with Gasteiger partial charge in [-0.2, -0.15) is 0 Å². The number of esters is 1. The molecule has 0 aliphatic heterocycles. The van der Waals surface area contributed by atoms with E-state index in [1.54, 1.807) is 37.4 Å². The van der Waals surface area contributed by atoms with E-state index in [1.807, 2.05) is 0 Å². The molecule has 3 aromatic rings. The van der Waals surface area contributed by atoms with Crippen molar-refractivity contribution in [3.8, 4) is 5.75 Å². The Morgan fingerprint density at radius 2 is 2.15 bits per heavy atom. The van der Waals surface area contributed by atoms with Crippen LogP contribution in [0.3, 0.4) is 0 Å². The number of nitrogens with zero attached hydrogens (tertiary/aromatic N) is 1. The molecule has 134 valence electrons. The summed E-state index contributed by atoms with van der Waals surface area (Å²) in [6.07, 6.45) is 2.98. The van der Waals surface area contributed by atoms with E-state index in [-0.39, 0.29) is 11.6 Å². The quantitative estimate of drug-likeness (QED) is 0.526. The van der Waals surface area contributed by atoms with Crippen LogP contribution in [0.4, 0.5) is 5.69 Å². The Morgan fingerprint density at radius 3 is 2.92 bits per heavy atom. The van der Waals surface area contributed by atoms with Crippen LogP contribution in [-0.4, -0.2) is 30.6 Å². The Balaban J connectivity index is 1.56. The molecule has 26 heavy (non-hydrogen) atoms. The summed E-state index contributed by atoms with van der Waals surface area (Å²) in [6, 6.07) is 8.54. The van der Waals surface area contributed by atoms with Crippen LogP contribution in [0.25, 0.3) is 11.0 Å². The molecule has 1 N–H and O–H groups in total. The van der Waals surface area contributed by atoms with Gasteiger partial charge in [0.05, 0.1) is 25.5 Å². The summed E-state index contributed by atoms with van der Waals surface area (Å²) in [5.74, 6) is -0.391. The molecule has 3 rings (SSSR count). The number of aromatic nitrogens is 1. The first-order chi connectivity index (χ1) is 12.6. The number of ether oxygens (including phenoxy) is 2. The molecular formula is C18H15ClN2O5. The summed E-state index contributed by atoms with van der Waals surface area (Å²) < 4.78 is 15.5. The number of benzene rings is 1. The van der Waals surface area contributed by atoms with E-state index in [0.29, 0.717) is 22.6 Å². The smallest absolute Gasteiger partial charge is 0.310 e. The van der Waals surface area contributed by atoms with Gasteiger partial charge in [-0.1, -0.05) is 11.6 Å². The van der Waals surface area contributed by atoms with Gasteiger partial charge < -0.3 is 19.2 Å². The molecule has 1 amide bonds. The van der Waals surface area contributed by atoms with Crippen LogP contribution < -0.4 is 10.1 Å². The third kappa shape index (κ3) is 4.12. The van der Waals surface area contributed by atoms with Gasteiger partial charge in [0.25, 0.3) is 5.91 Å². The molecule has 0 fully saturated rings. The minimum atomic E-state index is -0.545. The highest BCUT2D eigenvalue weighted by atomic mass is 35.5. The van der Waals surface area contributed by atoms with E-state index >= 15 is 0 Å². The van der Waals surface area contributed by atoms with E-state index in [2.05, 4.69) is 10.3 Å². The fourth-order valence-corrected chi connectivity index (χ4v) is 2.51. The van der Waals surface area contributed by atoms with Crippen LogP contribution in [0.1, 0.15) is 5.56 Å². The zero-order valence-corrected chi connectivity index (χ0v) is 14.6. The summed E-state index contributed by atoms with van der Waals surface area (Å²) in [6.45, 7) is -0.423. The Bertz CT molecular complexity index is 954. The molecule has 1 aromatic carbocycles. The Labute approximate surface area is 153 Å². The van der Waals surface area contributed by atoms with Gasteiger partial charge in [-0.3, -0.25) is 9.59 Å². The SMILES string of the molecule is COc1ccc2c(CC(=O)OCC(=O)Nc3cccnc3Cl)coc2c1. The number of fused-ring (bicyclic) bond motifs is 1. The zero-order chi connectivity index (χ0) is 18.5. The first-order valence-electron chi connectivity index (χ1n) is 7.67. The average molecular weight is 375 g/mol. The van der Waals surface area contributed by atoms with E-state index in [9.17, 15) is 9.59 Å². The lowest BCUT2D eigenvalue weighted by molar-refractivity contribution is -0.146. The number of carbonyl (C=O) groups is 2. The molecule has 2 aromatic heterocycles. The third-order valence-electron chi connectivity index (χ3n) is 3.60. The highest BCUT2D eigenvalue weighted by Crippen LogP contribution is 2.26. The fourth-order valence-electron chi connectivity index (χ4n) is 2.35. The average Bonchev–Trinajstić information content (AvgIpc) is 3.04. The maximum Gasteiger partial charge on any atom is 0.310 e. The largest absolute Gasteiger partial charge is 0.497 e. The van der Waals surface area contributed by atoms with Gasteiger partial charge in [0.2, 0.25) is 0 Å². The number of furan rings is 1. The van der Waals surface area contributed by atoms with Crippen molar-refractivity contribution in [3.63, 3.8) is 0 Å². The molecule has 7 nitrogen and oxygen atoms in total. The van der Waals surface area contributed by atoms with Gasteiger partial charge in [0.1, 0.15) is 11.3 Å². The monoisotopic (exact) mass is 374 g/mol. The first kappa shape index (κ1) is 17.8. The van der Waals surface area contributed by atoms with Crippen LogP contribution in [0.2, 0.25) is 5.15 Å². The zero-order valence-electron chi connectivity index (χ0n) is 13.8. The van der Waals surface area contributed by atoms with Gasteiger partial charge in [-0.25, -0.2) is 4.98 Å². The molecule has 0 saturated heterocycles. The lowest BCUT2D eigenvalue weighted by atomic mass is 10.1. The third-order valence-corrected chi connectivity index (χ3v) is 3.90. The van der Waals surface area contributed by atoms with Crippen molar-refractivity contribution in [3.05, 3.63) is 53.5 Å². The minimum absolute atomic E-state index is 0.0136. The molecular weight excluding hydrogens is 360 g/mol. The van der Waals surface area contributed by atoms with Crippen molar-refractivity contribution >= 4 is 40.1 Å². The standard InChI is InChI=1S/C18H15ClN2O5/c1-24-12-4-5-13-11(9-25-15(13)8-12)7-17(23)26-10-16(22)21-14-3-2-6-20-18(14)19/h2-6,8-9H,7,10H2,1H3,(H,21,22). The normalized spacial score (nSPS) is 10.5. The number of hydrogen-bond acceptors (Lipinski definition) is 6.